The molecule has 0 fully saturated rings. The van der Waals surface area contributed by atoms with E-state index < -0.39 is 33.4 Å². The third kappa shape index (κ3) is 6.00. The number of carbonyl (C=O) groups excluding carboxylic acids is 2. The van der Waals surface area contributed by atoms with E-state index in [-0.39, 0.29) is 26.9 Å². The number of sulfonamides is 1. The molecule has 0 radical (unpaired) electrons. The maximum atomic E-state index is 12.5. The number of non-ortho nitro benzene ring substituents is 1. The summed E-state index contributed by atoms with van der Waals surface area (Å²) < 4.78 is 31.1. The number of rotatable bonds is 9. The number of hydrogen-bond donors (Lipinski definition) is 1. The van der Waals surface area contributed by atoms with Crippen LogP contribution in [0, 0.1) is 10.1 Å². The summed E-state index contributed by atoms with van der Waals surface area (Å²) in [4.78, 5) is 34.2. The van der Waals surface area contributed by atoms with Gasteiger partial charge in [0, 0.05) is 25.2 Å². The van der Waals surface area contributed by atoms with Crippen molar-refractivity contribution in [2.75, 3.05) is 25.0 Å². The van der Waals surface area contributed by atoms with Gasteiger partial charge in [-0.3, -0.25) is 14.9 Å². The number of nitrogens with zero attached hydrogens (tertiary/aromatic N) is 2. The summed E-state index contributed by atoms with van der Waals surface area (Å²) in [5, 5.41) is 13.0. The zero-order chi connectivity index (χ0) is 23.2. The Hall–Kier alpha value is -3.02. The first-order chi connectivity index (χ1) is 14.6. The summed E-state index contributed by atoms with van der Waals surface area (Å²) in [5.41, 5.74) is -0.0418. The van der Waals surface area contributed by atoms with Crippen molar-refractivity contribution in [2.45, 2.75) is 18.7 Å². The minimum Gasteiger partial charge on any atom is -0.452 e. The van der Waals surface area contributed by atoms with E-state index in [0.29, 0.717) is 13.1 Å². The van der Waals surface area contributed by atoms with Crippen LogP contribution in [-0.4, -0.2) is 49.2 Å². The minimum atomic E-state index is -3.65. The van der Waals surface area contributed by atoms with Gasteiger partial charge >= 0.3 is 5.97 Å². The van der Waals surface area contributed by atoms with Gasteiger partial charge in [0.1, 0.15) is 0 Å². The number of hydrogen-bond acceptors (Lipinski definition) is 7. The third-order valence-electron chi connectivity index (χ3n) is 4.21. The Kier molecular flexibility index (Phi) is 8.08. The molecule has 0 bridgehead atoms. The first kappa shape index (κ1) is 24.3. The summed E-state index contributed by atoms with van der Waals surface area (Å²) >= 11 is 5.89. The quantitative estimate of drug-likeness (QED) is 0.338. The fourth-order valence-electron chi connectivity index (χ4n) is 2.60. The number of benzene rings is 2. The highest BCUT2D eigenvalue weighted by Crippen LogP contribution is 2.26. The van der Waals surface area contributed by atoms with Crippen LogP contribution in [0.5, 0.6) is 0 Å². The number of anilines is 1. The molecule has 0 heterocycles. The highest BCUT2D eigenvalue weighted by molar-refractivity contribution is 7.89. The fraction of sp³-hybridized carbons (Fsp3) is 0.263. The van der Waals surface area contributed by atoms with Crippen LogP contribution in [0.1, 0.15) is 24.2 Å². The molecule has 2 aromatic carbocycles. The van der Waals surface area contributed by atoms with Crippen LogP contribution in [0.2, 0.25) is 5.02 Å². The number of nitro groups is 1. The maximum absolute atomic E-state index is 12.5. The Morgan fingerprint density at radius 1 is 1.13 bits per heavy atom. The molecule has 0 unspecified atom stereocenters. The number of nitro benzene ring substituents is 1. The molecule has 1 amide bonds. The van der Waals surface area contributed by atoms with Gasteiger partial charge in [-0.25, -0.2) is 13.2 Å². The Morgan fingerprint density at radius 3 is 2.26 bits per heavy atom. The first-order valence-electron chi connectivity index (χ1n) is 9.11. The van der Waals surface area contributed by atoms with Crippen LogP contribution in [0.25, 0.3) is 0 Å². The second-order valence-electron chi connectivity index (χ2n) is 6.16. The van der Waals surface area contributed by atoms with Crippen LogP contribution in [0.15, 0.2) is 47.4 Å². The summed E-state index contributed by atoms with van der Waals surface area (Å²) in [7, 11) is -3.65. The van der Waals surface area contributed by atoms with E-state index in [1.165, 1.54) is 40.7 Å². The highest BCUT2D eigenvalue weighted by atomic mass is 35.5. The lowest BCUT2D eigenvalue weighted by molar-refractivity contribution is -0.384. The standard InChI is InChI=1S/C19H20ClN3O7S/c1-3-22(4-2)31(28,29)15-8-5-13(6-9-15)19(25)30-12-18(24)21-17-10-7-14(23(26)27)11-16(17)20/h5-11H,3-4,12H2,1-2H3,(H,21,24). The molecule has 0 saturated heterocycles. The lowest BCUT2D eigenvalue weighted by atomic mass is 10.2. The molecule has 0 spiro atoms. The molecule has 1 N–H and O–H groups in total. The predicted octanol–water partition coefficient (Wildman–Crippen LogP) is 3.07. The Balaban J connectivity index is 1.98. The molecular weight excluding hydrogens is 450 g/mol. The zero-order valence-corrected chi connectivity index (χ0v) is 18.3. The third-order valence-corrected chi connectivity index (χ3v) is 6.58. The van der Waals surface area contributed by atoms with Crippen molar-refractivity contribution >= 4 is 44.9 Å². The van der Waals surface area contributed by atoms with Crippen molar-refractivity contribution in [3.63, 3.8) is 0 Å². The maximum Gasteiger partial charge on any atom is 0.338 e. The molecule has 12 heteroatoms. The predicted molar refractivity (Wildman–Crippen MR) is 114 cm³/mol. The Morgan fingerprint density at radius 2 is 1.74 bits per heavy atom. The van der Waals surface area contributed by atoms with E-state index in [2.05, 4.69) is 5.32 Å². The van der Waals surface area contributed by atoms with Gasteiger partial charge in [-0.05, 0) is 30.3 Å². The molecule has 0 aliphatic rings. The highest BCUT2D eigenvalue weighted by Gasteiger charge is 2.22. The largest absolute Gasteiger partial charge is 0.452 e. The molecule has 0 aromatic heterocycles. The topological polar surface area (TPSA) is 136 Å². The second-order valence-corrected chi connectivity index (χ2v) is 8.50. The van der Waals surface area contributed by atoms with Gasteiger partial charge in [0.25, 0.3) is 11.6 Å². The van der Waals surface area contributed by atoms with Gasteiger partial charge in [-0.1, -0.05) is 25.4 Å². The lowest BCUT2D eigenvalue weighted by Gasteiger charge is -2.18. The van der Waals surface area contributed by atoms with Crippen LogP contribution >= 0.6 is 11.6 Å². The molecule has 2 rings (SSSR count). The number of ether oxygens (including phenoxy) is 1. The van der Waals surface area contributed by atoms with Gasteiger partial charge in [-0.15, -0.1) is 0 Å². The van der Waals surface area contributed by atoms with Crippen molar-refractivity contribution in [1.82, 2.24) is 4.31 Å². The smallest absolute Gasteiger partial charge is 0.338 e. The number of halogens is 1. The van der Waals surface area contributed by atoms with Crippen LogP contribution in [0.4, 0.5) is 11.4 Å². The van der Waals surface area contributed by atoms with E-state index in [0.717, 1.165) is 6.07 Å². The van der Waals surface area contributed by atoms with Gasteiger partial charge in [0.05, 0.1) is 26.1 Å². The van der Waals surface area contributed by atoms with Crippen molar-refractivity contribution in [3.8, 4) is 0 Å². The number of esters is 1. The summed E-state index contributed by atoms with van der Waals surface area (Å²) in [6, 6.07) is 8.68. The zero-order valence-electron chi connectivity index (χ0n) is 16.7. The van der Waals surface area contributed by atoms with Gasteiger partial charge in [0.2, 0.25) is 10.0 Å². The molecule has 166 valence electrons. The van der Waals surface area contributed by atoms with E-state index >= 15 is 0 Å². The molecule has 0 saturated carbocycles. The Bertz CT molecular complexity index is 1080. The van der Waals surface area contributed by atoms with Crippen LogP contribution in [0.3, 0.4) is 0 Å². The Labute approximate surface area is 184 Å². The van der Waals surface area contributed by atoms with Crippen LogP contribution < -0.4 is 5.32 Å². The van der Waals surface area contributed by atoms with Gasteiger partial charge < -0.3 is 10.1 Å². The molecular formula is C19H20ClN3O7S. The average molecular weight is 470 g/mol. The fourth-order valence-corrected chi connectivity index (χ4v) is 4.28. The molecule has 2 aromatic rings. The monoisotopic (exact) mass is 469 g/mol. The summed E-state index contributed by atoms with van der Waals surface area (Å²) in [6.07, 6.45) is 0. The minimum absolute atomic E-state index is 0.0401. The number of amides is 1. The first-order valence-corrected chi connectivity index (χ1v) is 10.9. The molecule has 0 aliphatic heterocycles. The SMILES string of the molecule is CCN(CC)S(=O)(=O)c1ccc(C(=O)OCC(=O)Nc2ccc([N+](=O)[O-])cc2Cl)cc1. The lowest BCUT2D eigenvalue weighted by Crippen LogP contribution is -2.30. The van der Waals surface area contributed by atoms with E-state index in [1.54, 1.807) is 13.8 Å². The average Bonchev–Trinajstić information content (AvgIpc) is 2.74. The number of nitrogens with one attached hydrogen (secondary N) is 1. The molecule has 10 nitrogen and oxygen atoms in total. The van der Waals surface area contributed by atoms with Crippen molar-refractivity contribution in [3.05, 3.63) is 63.2 Å². The second kappa shape index (κ2) is 10.3. The summed E-state index contributed by atoms with van der Waals surface area (Å²) in [5.74, 6) is -1.53. The normalized spacial score (nSPS) is 11.2. The number of carbonyl (C=O) groups is 2. The van der Waals surface area contributed by atoms with Gasteiger partial charge in [-0.2, -0.15) is 4.31 Å². The van der Waals surface area contributed by atoms with E-state index in [1.807, 2.05) is 0 Å². The molecule has 0 atom stereocenters. The van der Waals surface area contributed by atoms with Gasteiger partial charge in [0.15, 0.2) is 6.61 Å². The van der Waals surface area contributed by atoms with Crippen LogP contribution in [-0.2, 0) is 19.6 Å². The van der Waals surface area contributed by atoms with E-state index in [9.17, 15) is 28.1 Å². The molecule has 31 heavy (non-hydrogen) atoms. The van der Waals surface area contributed by atoms with Crippen molar-refractivity contribution < 1.29 is 27.7 Å². The summed E-state index contributed by atoms with van der Waals surface area (Å²) in [6.45, 7) is 3.45. The van der Waals surface area contributed by atoms with E-state index in [4.69, 9.17) is 16.3 Å². The molecule has 0 aliphatic carbocycles. The van der Waals surface area contributed by atoms with Crippen molar-refractivity contribution in [1.29, 1.82) is 0 Å². The van der Waals surface area contributed by atoms with Crippen molar-refractivity contribution in [2.24, 2.45) is 0 Å².